The summed E-state index contributed by atoms with van der Waals surface area (Å²) < 4.78 is 12.9. The minimum Gasteiger partial charge on any atom is -0.373 e. The van der Waals surface area contributed by atoms with Crippen LogP contribution in [0.1, 0.15) is 30.4 Å². The van der Waals surface area contributed by atoms with Crippen molar-refractivity contribution in [2.24, 2.45) is 0 Å². The van der Waals surface area contributed by atoms with Crippen LogP contribution in [-0.4, -0.2) is 17.0 Å². The number of rotatable bonds is 5. The summed E-state index contributed by atoms with van der Waals surface area (Å²) in [4.78, 5) is 8.98. The van der Waals surface area contributed by atoms with Gasteiger partial charge in [-0.1, -0.05) is 25.5 Å². The van der Waals surface area contributed by atoms with E-state index >= 15 is 0 Å². The number of aryl methyl sites for hydroxylation is 1. The van der Waals surface area contributed by atoms with Crippen molar-refractivity contribution in [3.63, 3.8) is 0 Å². The Hall–Kier alpha value is -1.97. The summed E-state index contributed by atoms with van der Waals surface area (Å²) in [5.74, 6) is 1.37. The zero-order chi connectivity index (χ0) is 13.7. The summed E-state index contributed by atoms with van der Waals surface area (Å²) in [5, 5.41) is 3.05. The van der Waals surface area contributed by atoms with Crippen molar-refractivity contribution in [3.8, 4) is 0 Å². The third-order valence-corrected chi connectivity index (χ3v) is 2.86. The second-order valence-corrected chi connectivity index (χ2v) is 4.46. The average Bonchev–Trinajstić information content (AvgIpc) is 2.41. The molecule has 2 aromatic rings. The maximum absolute atomic E-state index is 12.9. The molecule has 0 spiro atoms. The molecule has 1 heterocycles. The van der Waals surface area contributed by atoms with E-state index in [-0.39, 0.29) is 5.82 Å². The van der Waals surface area contributed by atoms with Gasteiger partial charge < -0.3 is 5.32 Å². The van der Waals surface area contributed by atoms with E-state index in [9.17, 15) is 4.39 Å². The smallest absolute Gasteiger partial charge is 0.135 e. The molecule has 0 radical (unpaired) electrons. The summed E-state index contributed by atoms with van der Waals surface area (Å²) >= 11 is 0. The van der Waals surface area contributed by atoms with Gasteiger partial charge in [-0.2, -0.15) is 0 Å². The van der Waals surface area contributed by atoms with E-state index in [2.05, 4.69) is 22.2 Å². The highest BCUT2D eigenvalue weighted by atomic mass is 19.1. The fraction of sp³-hybridized carbons (Fsp3) is 0.333. The predicted octanol–water partition coefficient (Wildman–Crippen LogP) is 3.20. The number of nitrogens with zero attached hydrogens (tertiary/aromatic N) is 2. The summed E-state index contributed by atoms with van der Waals surface area (Å²) in [6.45, 7) is 2.13. The number of benzene rings is 1. The molecule has 19 heavy (non-hydrogen) atoms. The van der Waals surface area contributed by atoms with Crippen LogP contribution in [0.5, 0.6) is 0 Å². The molecule has 0 bridgehead atoms. The highest BCUT2D eigenvalue weighted by Gasteiger charge is 2.05. The molecule has 0 aliphatic heterocycles. The van der Waals surface area contributed by atoms with E-state index in [4.69, 9.17) is 0 Å². The first-order valence-corrected chi connectivity index (χ1v) is 6.50. The van der Waals surface area contributed by atoms with Gasteiger partial charge in [0.1, 0.15) is 17.5 Å². The number of hydrogen-bond acceptors (Lipinski definition) is 3. The fourth-order valence-electron chi connectivity index (χ4n) is 1.93. The minimum absolute atomic E-state index is 0.222. The molecular weight excluding hydrogens is 241 g/mol. The molecule has 0 fully saturated rings. The van der Waals surface area contributed by atoms with Crippen LogP contribution >= 0.6 is 0 Å². The van der Waals surface area contributed by atoms with Gasteiger partial charge in [0.15, 0.2) is 0 Å². The van der Waals surface area contributed by atoms with E-state index in [1.54, 1.807) is 12.1 Å². The van der Waals surface area contributed by atoms with Gasteiger partial charge in [0.25, 0.3) is 0 Å². The molecule has 0 aliphatic carbocycles. The second-order valence-electron chi connectivity index (χ2n) is 4.46. The van der Waals surface area contributed by atoms with E-state index < -0.39 is 0 Å². The minimum atomic E-state index is -0.222. The standard InChI is InChI=1S/C15H18FN3/c1-3-4-13-10-14(17-2)19-15(18-13)9-11-5-7-12(16)8-6-11/h5-8,10H,3-4,9H2,1-2H3,(H,17,18,19). The summed E-state index contributed by atoms with van der Waals surface area (Å²) in [6.07, 6.45) is 2.61. The molecule has 0 amide bonds. The quantitative estimate of drug-likeness (QED) is 0.896. The van der Waals surface area contributed by atoms with Crippen molar-refractivity contribution in [1.82, 2.24) is 9.97 Å². The molecule has 1 N–H and O–H groups in total. The Morgan fingerprint density at radius 2 is 1.89 bits per heavy atom. The van der Waals surface area contributed by atoms with Crippen LogP contribution < -0.4 is 5.32 Å². The Morgan fingerprint density at radius 3 is 2.53 bits per heavy atom. The normalized spacial score (nSPS) is 10.5. The van der Waals surface area contributed by atoms with Crippen molar-refractivity contribution in [2.75, 3.05) is 12.4 Å². The van der Waals surface area contributed by atoms with Gasteiger partial charge in [0, 0.05) is 25.2 Å². The van der Waals surface area contributed by atoms with E-state index in [0.717, 1.165) is 35.7 Å². The van der Waals surface area contributed by atoms with Gasteiger partial charge in [-0.3, -0.25) is 0 Å². The first-order valence-electron chi connectivity index (χ1n) is 6.50. The third-order valence-electron chi connectivity index (χ3n) is 2.86. The Labute approximate surface area is 112 Å². The molecule has 1 aromatic carbocycles. The van der Waals surface area contributed by atoms with Crippen molar-refractivity contribution in [2.45, 2.75) is 26.2 Å². The molecule has 0 saturated carbocycles. The third kappa shape index (κ3) is 3.74. The van der Waals surface area contributed by atoms with Crippen molar-refractivity contribution >= 4 is 5.82 Å². The van der Waals surface area contributed by atoms with Crippen molar-refractivity contribution in [1.29, 1.82) is 0 Å². The van der Waals surface area contributed by atoms with Gasteiger partial charge >= 0.3 is 0 Å². The van der Waals surface area contributed by atoms with Gasteiger partial charge in [-0.25, -0.2) is 14.4 Å². The van der Waals surface area contributed by atoms with E-state index in [0.29, 0.717) is 6.42 Å². The predicted molar refractivity (Wildman–Crippen MR) is 74.8 cm³/mol. The van der Waals surface area contributed by atoms with Crippen LogP contribution in [0.4, 0.5) is 10.2 Å². The first-order chi connectivity index (χ1) is 9.21. The highest BCUT2D eigenvalue weighted by molar-refractivity contribution is 5.36. The van der Waals surface area contributed by atoms with Crippen molar-refractivity contribution < 1.29 is 4.39 Å². The number of anilines is 1. The van der Waals surface area contributed by atoms with Crippen LogP contribution in [0.2, 0.25) is 0 Å². The maximum atomic E-state index is 12.9. The van der Waals surface area contributed by atoms with Gasteiger partial charge in [-0.05, 0) is 24.1 Å². The van der Waals surface area contributed by atoms with Crippen LogP contribution in [0.3, 0.4) is 0 Å². The molecule has 1 aromatic heterocycles. The average molecular weight is 259 g/mol. The lowest BCUT2D eigenvalue weighted by Crippen LogP contribution is -2.04. The Bertz CT molecular complexity index is 538. The van der Waals surface area contributed by atoms with Crippen LogP contribution in [0, 0.1) is 5.82 Å². The topological polar surface area (TPSA) is 37.8 Å². The fourth-order valence-corrected chi connectivity index (χ4v) is 1.93. The van der Waals surface area contributed by atoms with E-state index in [1.807, 2.05) is 13.1 Å². The molecule has 100 valence electrons. The molecule has 3 nitrogen and oxygen atoms in total. The summed E-state index contributed by atoms with van der Waals surface area (Å²) in [7, 11) is 1.85. The highest BCUT2D eigenvalue weighted by Crippen LogP contribution is 2.12. The monoisotopic (exact) mass is 259 g/mol. The van der Waals surface area contributed by atoms with Crippen LogP contribution in [-0.2, 0) is 12.8 Å². The zero-order valence-electron chi connectivity index (χ0n) is 11.3. The molecule has 0 atom stereocenters. The molecule has 0 saturated heterocycles. The lowest BCUT2D eigenvalue weighted by Gasteiger charge is -2.07. The lowest BCUT2D eigenvalue weighted by molar-refractivity contribution is 0.627. The number of halogens is 1. The van der Waals surface area contributed by atoms with Crippen LogP contribution in [0.15, 0.2) is 30.3 Å². The van der Waals surface area contributed by atoms with Crippen molar-refractivity contribution in [3.05, 3.63) is 53.2 Å². The molecule has 0 aliphatic rings. The maximum Gasteiger partial charge on any atom is 0.135 e. The molecule has 0 unspecified atom stereocenters. The number of hydrogen-bond donors (Lipinski definition) is 1. The molecular formula is C15H18FN3. The summed E-state index contributed by atoms with van der Waals surface area (Å²) in [5.41, 5.74) is 2.05. The first kappa shape index (κ1) is 13.5. The van der Waals surface area contributed by atoms with Gasteiger partial charge in [-0.15, -0.1) is 0 Å². The Morgan fingerprint density at radius 1 is 1.16 bits per heavy atom. The molecule has 4 heteroatoms. The number of aromatic nitrogens is 2. The number of nitrogens with one attached hydrogen (secondary N) is 1. The van der Waals surface area contributed by atoms with E-state index in [1.165, 1.54) is 12.1 Å². The molecule has 2 rings (SSSR count). The Balaban J connectivity index is 2.23. The largest absolute Gasteiger partial charge is 0.373 e. The van der Waals surface area contributed by atoms with Gasteiger partial charge in [0.2, 0.25) is 0 Å². The van der Waals surface area contributed by atoms with Crippen LogP contribution in [0.25, 0.3) is 0 Å². The second kappa shape index (κ2) is 6.27. The Kier molecular flexibility index (Phi) is 4.44. The zero-order valence-corrected chi connectivity index (χ0v) is 11.3. The lowest BCUT2D eigenvalue weighted by atomic mass is 10.1. The SMILES string of the molecule is CCCc1cc(NC)nc(Cc2ccc(F)cc2)n1. The summed E-state index contributed by atoms with van der Waals surface area (Å²) in [6, 6.07) is 8.43. The van der Waals surface area contributed by atoms with Gasteiger partial charge in [0.05, 0.1) is 0 Å².